The Morgan fingerprint density at radius 3 is 2.87 bits per heavy atom. The Morgan fingerprint density at radius 2 is 2.13 bits per heavy atom. The highest BCUT2D eigenvalue weighted by Gasteiger charge is 2.00. The number of unbranched alkanes of at least 4 members (excludes halogenated alkanes) is 1. The number of halogens is 2. The van der Waals surface area contributed by atoms with E-state index in [2.05, 4.69) is 21.2 Å². The lowest BCUT2D eigenvalue weighted by molar-refractivity contribution is 0.627. The molecule has 1 rings (SSSR count). The molecule has 0 fully saturated rings. The molecule has 0 amide bonds. The van der Waals surface area contributed by atoms with Gasteiger partial charge in [-0.1, -0.05) is 27.5 Å². The Bertz CT molecular complexity index is 305. The van der Waals surface area contributed by atoms with Gasteiger partial charge in [-0.25, -0.2) is 0 Å². The minimum Gasteiger partial charge on any atom is -0.330 e. The number of hydrogen-bond acceptors (Lipinski definition) is 2. The molecule has 1 aromatic carbocycles. The Morgan fingerprint density at radius 1 is 1.33 bits per heavy atom. The van der Waals surface area contributed by atoms with Gasteiger partial charge in [-0.2, -0.15) is 0 Å². The first-order valence-electron chi connectivity index (χ1n) is 5.08. The van der Waals surface area contributed by atoms with Crippen LogP contribution >= 0.6 is 27.5 Å². The summed E-state index contributed by atoms with van der Waals surface area (Å²) in [5, 5.41) is 4.15. The number of rotatable bonds is 6. The van der Waals surface area contributed by atoms with Gasteiger partial charge in [-0.3, -0.25) is 0 Å². The van der Waals surface area contributed by atoms with Crippen molar-refractivity contribution in [3.8, 4) is 0 Å². The predicted octanol–water partition coefficient (Wildman–Crippen LogP) is 2.93. The van der Waals surface area contributed by atoms with Gasteiger partial charge in [-0.05, 0) is 49.7 Å². The first-order chi connectivity index (χ1) is 7.24. The normalized spacial score (nSPS) is 10.6. The fourth-order valence-corrected chi connectivity index (χ4v) is 1.89. The molecule has 2 nitrogen and oxygen atoms in total. The van der Waals surface area contributed by atoms with Crippen molar-refractivity contribution in [3.63, 3.8) is 0 Å². The van der Waals surface area contributed by atoms with E-state index in [-0.39, 0.29) is 0 Å². The molecule has 15 heavy (non-hydrogen) atoms. The van der Waals surface area contributed by atoms with E-state index in [1.54, 1.807) is 0 Å². The summed E-state index contributed by atoms with van der Waals surface area (Å²) >= 11 is 9.48. The first kappa shape index (κ1) is 13.0. The van der Waals surface area contributed by atoms with Crippen LogP contribution in [0, 0.1) is 0 Å². The molecule has 0 atom stereocenters. The second kappa shape index (κ2) is 7.23. The molecule has 4 heteroatoms. The summed E-state index contributed by atoms with van der Waals surface area (Å²) in [4.78, 5) is 0. The minimum atomic E-state index is 0.763. The van der Waals surface area contributed by atoms with E-state index >= 15 is 0 Å². The average molecular weight is 292 g/mol. The average Bonchev–Trinajstić information content (AvgIpc) is 2.23. The number of nitrogens with two attached hydrogens (primary N) is 1. The Kier molecular flexibility index (Phi) is 6.25. The van der Waals surface area contributed by atoms with Gasteiger partial charge >= 0.3 is 0 Å². The standard InChI is InChI=1S/C11H16BrClN2/c12-10-3-4-11(13)9(7-10)8-15-6-2-1-5-14/h3-4,7,15H,1-2,5-6,8,14H2. The summed E-state index contributed by atoms with van der Waals surface area (Å²) < 4.78 is 1.06. The lowest BCUT2D eigenvalue weighted by Crippen LogP contribution is -2.16. The van der Waals surface area contributed by atoms with Gasteiger partial charge in [-0.15, -0.1) is 0 Å². The van der Waals surface area contributed by atoms with E-state index in [1.807, 2.05) is 18.2 Å². The van der Waals surface area contributed by atoms with Crippen molar-refractivity contribution < 1.29 is 0 Å². The maximum absolute atomic E-state index is 6.06. The molecule has 0 aliphatic heterocycles. The highest BCUT2D eigenvalue weighted by molar-refractivity contribution is 9.10. The van der Waals surface area contributed by atoms with Gasteiger partial charge in [0.15, 0.2) is 0 Å². The highest BCUT2D eigenvalue weighted by Crippen LogP contribution is 2.20. The first-order valence-corrected chi connectivity index (χ1v) is 6.26. The molecular formula is C11H16BrClN2. The van der Waals surface area contributed by atoms with Crippen LogP contribution in [0.25, 0.3) is 0 Å². The van der Waals surface area contributed by atoms with Crippen LogP contribution in [-0.2, 0) is 6.54 Å². The summed E-state index contributed by atoms with van der Waals surface area (Å²) in [5.74, 6) is 0. The van der Waals surface area contributed by atoms with Crippen LogP contribution in [0.4, 0.5) is 0 Å². The Labute approximate surface area is 104 Å². The molecule has 0 unspecified atom stereocenters. The molecule has 0 heterocycles. The predicted molar refractivity (Wildman–Crippen MR) is 69.1 cm³/mol. The number of benzene rings is 1. The second-order valence-electron chi connectivity index (χ2n) is 3.41. The molecule has 3 N–H and O–H groups in total. The van der Waals surface area contributed by atoms with Crippen molar-refractivity contribution in [1.82, 2.24) is 5.32 Å². The molecule has 84 valence electrons. The van der Waals surface area contributed by atoms with Gasteiger partial charge in [0.25, 0.3) is 0 Å². The molecular weight excluding hydrogens is 275 g/mol. The monoisotopic (exact) mass is 290 g/mol. The number of nitrogens with one attached hydrogen (secondary N) is 1. The molecule has 0 spiro atoms. The number of hydrogen-bond donors (Lipinski definition) is 2. The lowest BCUT2D eigenvalue weighted by atomic mass is 10.2. The zero-order valence-corrected chi connectivity index (χ0v) is 10.9. The van der Waals surface area contributed by atoms with E-state index in [4.69, 9.17) is 17.3 Å². The quantitative estimate of drug-likeness (QED) is 0.791. The lowest BCUT2D eigenvalue weighted by Gasteiger charge is -2.06. The maximum Gasteiger partial charge on any atom is 0.0451 e. The molecule has 1 aromatic rings. The molecule has 0 saturated heterocycles. The highest BCUT2D eigenvalue weighted by atomic mass is 79.9. The van der Waals surface area contributed by atoms with Crippen molar-refractivity contribution in [1.29, 1.82) is 0 Å². The van der Waals surface area contributed by atoms with Crippen molar-refractivity contribution in [2.45, 2.75) is 19.4 Å². The third-order valence-electron chi connectivity index (χ3n) is 2.13. The summed E-state index contributed by atoms with van der Waals surface area (Å²) in [5.41, 5.74) is 6.53. The van der Waals surface area contributed by atoms with Gasteiger partial charge in [0.05, 0.1) is 0 Å². The molecule has 0 aliphatic carbocycles. The Balaban J connectivity index is 2.33. The molecule has 0 bridgehead atoms. The van der Waals surface area contributed by atoms with Gasteiger partial charge < -0.3 is 11.1 Å². The van der Waals surface area contributed by atoms with E-state index in [1.165, 1.54) is 0 Å². The minimum absolute atomic E-state index is 0.763. The maximum atomic E-state index is 6.06. The third kappa shape index (κ3) is 4.98. The molecule has 0 aliphatic rings. The van der Waals surface area contributed by atoms with Crippen LogP contribution in [0.2, 0.25) is 5.02 Å². The zero-order valence-electron chi connectivity index (χ0n) is 8.60. The van der Waals surface area contributed by atoms with E-state index in [0.29, 0.717) is 0 Å². The van der Waals surface area contributed by atoms with Gasteiger partial charge in [0.2, 0.25) is 0 Å². The Hall–Kier alpha value is -0.0900. The van der Waals surface area contributed by atoms with Gasteiger partial charge in [0, 0.05) is 16.0 Å². The van der Waals surface area contributed by atoms with Crippen LogP contribution in [0.15, 0.2) is 22.7 Å². The van der Waals surface area contributed by atoms with E-state index < -0.39 is 0 Å². The molecule has 0 radical (unpaired) electrons. The van der Waals surface area contributed by atoms with Crippen molar-refractivity contribution >= 4 is 27.5 Å². The molecule has 0 aromatic heterocycles. The van der Waals surface area contributed by atoms with Crippen LogP contribution in [-0.4, -0.2) is 13.1 Å². The van der Waals surface area contributed by atoms with Crippen LogP contribution in [0.5, 0.6) is 0 Å². The zero-order chi connectivity index (χ0) is 11.1. The largest absolute Gasteiger partial charge is 0.330 e. The summed E-state index contributed by atoms with van der Waals surface area (Å²) in [6.07, 6.45) is 2.18. The van der Waals surface area contributed by atoms with Gasteiger partial charge in [0.1, 0.15) is 0 Å². The van der Waals surface area contributed by atoms with E-state index in [0.717, 1.165) is 47.5 Å². The van der Waals surface area contributed by atoms with Crippen LogP contribution in [0.1, 0.15) is 18.4 Å². The summed E-state index contributed by atoms with van der Waals surface area (Å²) in [6, 6.07) is 5.89. The fourth-order valence-electron chi connectivity index (χ4n) is 1.30. The van der Waals surface area contributed by atoms with E-state index in [9.17, 15) is 0 Å². The van der Waals surface area contributed by atoms with Crippen LogP contribution < -0.4 is 11.1 Å². The third-order valence-corrected chi connectivity index (χ3v) is 2.99. The molecule has 0 saturated carbocycles. The summed E-state index contributed by atoms with van der Waals surface area (Å²) in [6.45, 7) is 2.56. The second-order valence-corrected chi connectivity index (χ2v) is 4.73. The smallest absolute Gasteiger partial charge is 0.0451 e. The van der Waals surface area contributed by atoms with Crippen molar-refractivity contribution in [3.05, 3.63) is 33.3 Å². The fraction of sp³-hybridized carbons (Fsp3) is 0.455. The van der Waals surface area contributed by atoms with Crippen molar-refractivity contribution in [2.75, 3.05) is 13.1 Å². The SMILES string of the molecule is NCCCCNCc1cc(Br)ccc1Cl. The topological polar surface area (TPSA) is 38.0 Å². The summed E-state index contributed by atoms with van der Waals surface area (Å²) in [7, 11) is 0. The van der Waals surface area contributed by atoms with Crippen LogP contribution in [0.3, 0.4) is 0 Å². The van der Waals surface area contributed by atoms with Crippen molar-refractivity contribution in [2.24, 2.45) is 5.73 Å².